The van der Waals surface area contributed by atoms with Gasteiger partial charge in [0.15, 0.2) is 0 Å². The first kappa shape index (κ1) is 13.7. The van der Waals surface area contributed by atoms with Crippen LogP contribution in [0.15, 0.2) is 0 Å². The minimum atomic E-state index is -0.879. The molecule has 1 amide bonds. The first-order chi connectivity index (χ1) is 9.28. The second-order valence-electron chi connectivity index (χ2n) is 7.49. The monoisotopic (exact) mass is 281 g/mol. The lowest BCUT2D eigenvalue weighted by Crippen LogP contribution is -2.46. The number of hydrogen-bond donors (Lipinski definition) is 1. The maximum atomic E-state index is 12.3. The number of fused-ring (bicyclic) bond motifs is 5. The molecular weight excluding hydrogens is 258 g/mol. The highest BCUT2D eigenvalue weighted by molar-refractivity contribution is 5.81. The van der Waals surface area contributed by atoms with Gasteiger partial charge in [0.25, 0.3) is 0 Å². The molecule has 5 nitrogen and oxygen atoms in total. The van der Waals surface area contributed by atoms with Crippen molar-refractivity contribution < 1.29 is 19.4 Å². The molecule has 0 aromatic heterocycles. The van der Waals surface area contributed by atoms with Crippen molar-refractivity contribution in [2.24, 2.45) is 23.7 Å². The molecule has 2 saturated carbocycles. The van der Waals surface area contributed by atoms with Gasteiger partial charge in [0.05, 0.1) is 0 Å². The van der Waals surface area contributed by atoms with E-state index in [1.165, 1.54) is 11.3 Å². The van der Waals surface area contributed by atoms with Gasteiger partial charge in [0.1, 0.15) is 11.6 Å². The first-order valence-electron chi connectivity index (χ1n) is 7.50. The van der Waals surface area contributed by atoms with Gasteiger partial charge in [-0.25, -0.2) is 9.59 Å². The second kappa shape index (κ2) is 4.37. The lowest BCUT2D eigenvalue weighted by Gasteiger charge is -2.29. The minimum absolute atomic E-state index is 0.138. The summed E-state index contributed by atoms with van der Waals surface area (Å²) in [6.07, 6.45) is 3.00. The highest BCUT2D eigenvalue weighted by atomic mass is 16.6. The van der Waals surface area contributed by atoms with Gasteiger partial charge in [-0.3, -0.25) is 4.90 Å². The molecule has 5 atom stereocenters. The zero-order chi connectivity index (χ0) is 14.7. The van der Waals surface area contributed by atoms with Crippen LogP contribution in [0.1, 0.15) is 40.0 Å². The molecule has 1 heterocycles. The largest absolute Gasteiger partial charge is 0.480 e. The fourth-order valence-electron chi connectivity index (χ4n) is 4.57. The molecule has 1 N–H and O–H groups in total. The number of carbonyl (C=O) groups excluding carboxylic acids is 1. The van der Waals surface area contributed by atoms with E-state index >= 15 is 0 Å². The summed E-state index contributed by atoms with van der Waals surface area (Å²) in [6, 6.07) is -0.690. The summed E-state index contributed by atoms with van der Waals surface area (Å²) in [5, 5.41) is 9.56. The molecule has 5 unspecified atom stereocenters. The number of amides is 1. The number of carboxylic acids is 1. The molecule has 3 rings (SSSR count). The topological polar surface area (TPSA) is 66.8 Å². The molecule has 112 valence electrons. The molecule has 1 saturated heterocycles. The Bertz CT molecular complexity index is 442. The summed E-state index contributed by atoms with van der Waals surface area (Å²) in [5.41, 5.74) is -0.586. The lowest BCUT2D eigenvalue weighted by molar-refractivity contribution is -0.144. The van der Waals surface area contributed by atoms with Crippen LogP contribution < -0.4 is 0 Å². The van der Waals surface area contributed by atoms with Crippen molar-refractivity contribution in [2.45, 2.75) is 51.7 Å². The van der Waals surface area contributed by atoms with Gasteiger partial charge in [0.2, 0.25) is 0 Å². The third-order valence-corrected chi connectivity index (χ3v) is 5.15. The Hall–Kier alpha value is -1.26. The Morgan fingerprint density at radius 2 is 1.85 bits per heavy atom. The van der Waals surface area contributed by atoms with Crippen LogP contribution in [-0.2, 0) is 9.53 Å². The summed E-state index contributed by atoms with van der Waals surface area (Å²) < 4.78 is 5.38. The third kappa shape index (κ3) is 2.07. The number of carboxylic acid groups (broad SMARTS) is 1. The summed E-state index contributed by atoms with van der Waals surface area (Å²) >= 11 is 0. The van der Waals surface area contributed by atoms with Crippen molar-refractivity contribution in [1.82, 2.24) is 4.90 Å². The molecule has 3 aliphatic rings. The number of likely N-dealkylation sites (tertiary alicyclic amines) is 1. The van der Waals surface area contributed by atoms with E-state index < -0.39 is 23.7 Å². The van der Waals surface area contributed by atoms with Crippen molar-refractivity contribution in [2.75, 3.05) is 6.54 Å². The highest BCUT2D eigenvalue weighted by Gasteiger charge is 2.59. The molecule has 0 aromatic rings. The second-order valence-corrected chi connectivity index (χ2v) is 7.49. The number of carbonyl (C=O) groups is 2. The van der Waals surface area contributed by atoms with Gasteiger partial charge >= 0.3 is 12.1 Å². The first-order valence-corrected chi connectivity index (χ1v) is 7.50. The van der Waals surface area contributed by atoms with E-state index in [-0.39, 0.29) is 5.92 Å². The van der Waals surface area contributed by atoms with E-state index in [0.717, 1.165) is 12.8 Å². The summed E-state index contributed by atoms with van der Waals surface area (Å²) in [5.74, 6) is 0.717. The van der Waals surface area contributed by atoms with Gasteiger partial charge in [-0.15, -0.1) is 0 Å². The van der Waals surface area contributed by atoms with Crippen LogP contribution in [0, 0.1) is 23.7 Å². The minimum Gasteiger partial charge on any atom is -0.480 e. The number of rotatable bonds is 1. The smallest absolute Gasteiger partial charge is 0.411 e. The van der Waals surface area contributed by atoms with Gasteiger partial charge in [-0.2, -0.15) is 0 Å². The Balaban J connectivity index is 1.81. The lowest BCUT2D eigenvalue weighted by atomic mass is 9.78. The zero-order valence-electron chi connectivity index (χ0n) is 12.3. The van der Waals surface area contributed by atoms with Crippen LogP contribution in [0.4, 0.5) is 4.79 Å². The molecule has 2 aliphatic carbocycles. The van der Waals surface area contributed by atoms with E-state index in [0.29, 0.717) is 24.3 Å². The Labute approximate surface area is 119 Å². The molecule has 3 fully saturated rings. The maximum absolute atomic E-state index is 12.3. The number of hydrogen-bond acceptors (Lipinski definition) is 3. The van der Waals surface area contributed by atoms with Crippen molar-refractivity contribution >= 4 is 12.1 Å². The molecule has 5 heteroatoms. The predicted molar refractivity (Wildman–Crippen MR) is 72.2 cm³/mol. The van der Waals surface area contributed by atoms with Gasteiger partial charge in [-0.05, 0) is 63.7 Å². The number of aliphatic carboxylic acids is 1. The molecule has 0 aromatic carbocycles. The Kier molecular flexibility index (Phi) is 2.99. The van der Waals surface area contributed by atoms with E-state index in [2.05, 4.69) is 0 Å². The fraction of sp³-hybridized carbons (Fsp3) is 0.867. The van der Waals surface area contributed by atoms with Crippen LogP contribution in [0.5, 0.6) is 0 Å². The SMILES string of the molecule is CC(C)(C)OC(=O)N1CC2C3CCC(C3)C2C1C(=O)O. The Morgan fingerprint density at radius 3 is 2.45 bits per heavy atom. The zero-order valence-corrected chi connectivity index (χ0v) is 12.3. The molecule has 2 bridgehead atoms. The average molecular weight is 281 g/mol. The fourth-order valence-corrected chi connectivity index (χ4v) is 4.57. The van der Waals surface area contributed by atoms with E-state index in [1.807, 2.05) is 0 Å². The van der Waals surface area contributed by atoms with Crippen LogP contribution in [0.2, 0.25) is 0 Å². The van der Waals surface area contributed by atoms with Gasteiger partial charge < -0.3 is 9.84 Å². The van der Waals surface area contributed by atoms with Crippen molar-refractivity contribution in [3.63, 3.8) is 0 Å². The predicted octanol–water partition coefficient (Wildman–Crippen LogP) is 2.35. The van der Waals surface area contributed by atoms with E-state index in [1.54, 1.807) is 20.8 Å². The van der Waals surface area contributed by atoms with Gasteiger partial charge in [0, 0.05) is 6.54 Å². The van der Waals surface area contributed by atoms with Crippen molar-refractivity contribution in [3.8, 4) is 0 Å². The third-order valence-electron chi connectivity index (χ3n) is 5.15. The van der Waals surface area contributed by atoms with Crippen LogP contribution >= 0.6 is 0 Å². The molecule has 1 aliphatic heterocycles. The highest BCUT2D eigenvalue weighted by Crippen LogP contribution is 2.57. The molecule has 0 radical (unpaired) electrons. The molecule has 0 spiro atoms. The molecular formula is C15H23NO4. The summed E-state index contributed by atoms with van der Waals surface area (Å²) in [6.45, 7) is 5.97. The average Bonchev–Trinajstić information content (AvgIpc) is 2.97. The normalized spacial score (nSPS) is 39.0. The van der Waals surface area contributed by atoms with Crippen molar-refractivity contribution in [3.05, 3.63) is 0 Å². The van der Waals surface area contributed by atoms with E-state index in [4.69, 9.17) is 4.74 Å². The van der Waals surface area contributed by atoms with Gasteiger partial charge in [-0.1, -0.05) is 0 Å². The van der Waals surface area contributed by atoms with Crippen LogP contribution in [-0.4, -0.2) is 40.3 Å². The van der Waals surface area contributed by atoms with E-state index in [9.17, 15) is 14.7 Å². The number of nitrogens with zero attached hydrogens (tertiary/aromatic N) is 1. The summed E-state index contributed by atoms with van der Waals surface area (Å²) in [4.78, 5) is 25.4. The molecule has 20 heavy (non-hydrogen) atoms. The standard InChI is InChI=1S/C15H23NO4/c1-15(2,3)20-14(19)16-7-10-8-4-5-9(6-8)11(10)12(16)13(17)18/h8-12H,4-7H2,1-3H3,(H,17,18). The number of ether oxygens (including phenoxy) is 1. The van der Waals surface area contributed by atoms with Crippen molar-refractivity contribution in [1.29, 1.82) is 0 Å². The van der Waals surface area contributed by atoms with Crippen LogP contribution in [0.3, 0.4) is 0 Å². The van der Waals surface area contributed by atoms with Crippen LogP contribution in [0.25, 0.3) is 0 Å². The quantitative estimate of drug-likeness (QED) is 0.801. The Morgan fingerprint density at radius 1 is 1.20 bits per heavy atom. The maximum Gasteiger partial charge on any atom is 0.411 e. The summed E-state index contributed by atoms with van der Waals surface area (Å²) in [7, 11) is 0.